The molecule has 10 heteroatoms. The van der Waals surface area contributed by atoms with Crippen molar-refractivity contribution in [3.8, 4) is 5.88 Å². The monoisotopic (exact) mass is 447 g/mol. The van der Waals surface area contributed by atoms with Gasteiger partial charge in [0.2, 0.25) is 15.9 Å². The molecule has 3 rings (SSSR count). The number of sulfonamides is 1. The second kappa shape index (κ2) is 9.88. The molecule has 1 aliphatic rings. The molecule has 1 aliphatic heterocycles. The van der Waals surface area contributed by atoms with Crippen LogP contribution in [0.2, 0.25) is 0 Å². The third-order valence-corrected chi connectivity index (χ3v) is 6.72. The van der Waals surface area contributed by atoms with E-state index in [0.717, 1.165) is 0 Å². The Bertz CT molecular complexity index is 1030. The van der Waals surface area contributed by atoms with Gasteiger partial charge in [-0.25, -0.2) is 18.2 Å². The highest BCUT2D eigenvalue weighted by Crippen LogP contribution is 2.21. The number of hydrogen-bond acceptors (Lipinski definition) is 7. The Labute approximate surface area is 181 Å². The standard InChI is InChI=1S/C21H25N3O6S/c1-3-29-19-18(6-5-11-22-19)20(25)23-12-14-24(15-13-23)31(27,28)17-9-7-16(8-10-17)21(26)30-4-2/h5-11H,3-4,12-15H2,1-2H3. The summed E-state index contributed by atoms with van der Waals surface area (Å²) < 4.78 is 37.6. The van der Waals surface area contributed by atoms with Crippen LogP contribution in [0, 0.1) is 0 Å². The Morgan fingerprint density at radius 3 is 2.29 bits per heavy atom. The maximum Gasteiger partial charge on any atom is 0.338 e. The molecule has 1 aromatic carbocycles. The Balaban J connectivity index is 1.67. The number of ether oxygens (including phenoxy) is 2. The van der Waals surface area contributed by atoms with Crippen LogP contribution in [0.1, 0.15) is 34.6 Å². The fourth-order valence-electron chi connectivity index (χ4n) is 3.23. The molecule has 0 radical (unpaired) electrons. The summed E-state index contributed by atoms with van der Waals surface area (Å²) >= 11 is 0. The Morgan fingerprint density at radius 2 is 1.68 bits per heavy atom. The zero-order valence-corrected chi connectivity index (χ0v) is 18.3. The van der Waals surface area contributed by atoms with Gasteiger partial charge in [-0.1, -0.05) is 0 Å². The number of benzene rings is 1. The van der Waals surface area contributed by atoms with Gasteiger partial charge in [0.25, 0.3) is 5.91 Å². The van der Waals surface area contributed by atoms with Gasteiger partial charge in [0, 0.05) is 32.4 Å². The van der Waals surface area contributed by atoms with Gasteiger partial charge in [-0.15, -0.1) is 0 Å². The average molecular weight is 448 g/mol. The van der Waals surface area contributed by atoms with Crippen LogP contribution < -0.4 is 4.74 Å². The number of rotatable bonds is 7. The number of pyridine rings is 1. The summed E-state index contributed by atoms with van der Waals surface area (Å²) in [6, 6.07) is 8.96. The van der Waals surface area contributed by atoms with Crippen molar-refractivity contribution in [3.05, 3.63) is 53.7 Å². The van der Waals surface area contributed by atoms with Gasteiger partial charge < -0.3 is 14.4 Å². The fraction of sp³-hybridized carbons (Fsp3) is 0.381. The summed E-state index contributed by atoms with van der Waals surface area (Å²) in [7, 11) is -3.74. The van der Waals surface area contributed by atoms with Crippen LogP contribution in [0.5, 0.6) is 5.88 Å². The number of hydrogen-bond donors (Lipinski definition) is 0. The normalized spacial score (nSPS) is 14.8. The van der Waals surface area contributed by atoms with Gasteiger partial charge in [0.05, 0.1) is 23.7 Å². The van der Waals surface area contributed by atoms with Crippen molar-refractivity contribution in [2.75, 3.05) is 39.4 Å². The second-order valence-corrected chi connectivity index (χ2v) is 8.67. The lowest BCUT2D eigenvalue weighted by Gasteiger charge is -2.34. The minimum Gasteiger partial charge on any atom is -0.477 e. The Hall–Kier alpha value is -2.98. The van der Waals surface area contributed by atoms with Crippen molar-refractivity contribution in [3.63, 3.8) is 0 Å². The van der Waals surface area contributed by atoms with Crippen molar-refractivity contribution in [2.24, 2.45) is 0 Å². The van der Waals surface area contributed by atoms with Crippen molar-refractivity contribution in [1.29, 1.82) is 0 Å². The lowest BCUT2D eigenvalue weighted by Crippen LogP contribution is -2.50. The molecule has 1 amide bonds. The largest absolute Gasteiger partial charge is 0.477 e. The highest BCUT2D eigenvalue weighted by Gasteiger charge is 2.31. The smallest absolute Gasteiger partial charge is 0.338 e. The maximum atomic E-state index is 13.0. The van der Waals surface area contributed by atoms with E-state index in [0.29, 0.717) is 12.2 Å². The third kappa shape index (κ3) is 5.02. The van der Waals surface area contributed by atoms with Gasteiger partial charge >= 0.3 is 5.97 Å². The molecule has 0 atom stereocenters. The van der Waals surface area contributed by atoms with E-state index >= 15 is 0 Å². The van der Waals surface area contributed by atoms with Gasteiger partial charge in [-0.05, 0) is 50.2 Å². The molecule has 1 aromatic heterocycles. The minimum atomic E-state index is -3.74. The highest BCUT2D eigenvalue weighted by molar-refractivity contribution is 7.89. The first kappa shape index (κ1) is 22.7. The number of aromatic nitrogens is 1. The van der Waals surface area contributed by atoms with E-state index in [-0.39, 0.29) is 55.0 Å². The molecule has 9 nitrogen and oxygen atoms in total. The molecular weight excluding hydrogens is 422 g/mol. The van der Waals surface area contributed by atoms with Crippen LogP contribution >= 0.6 is 0 Å². The second-order valence-electron chi connectivity index (χ2n) is 6.73. The van der Waals surface area contributed by atoms with E-state index < -0.39 is 16.0 Å². The predicted octanol–water partition coefficient (Wildman–Crippen LogP) is 1.80. The number of carbonyl (C=O) groups is 2. The molecule has 0 N–H and O–H groups in total. The summed E-state index contributed by atoms with van der Waals surface area (Å²) in [4.78, 5) is 30.4. The molecule has 0 saturated carbocycles. The first-order valence-electron chi connectivity index (χ1n) is 10.0. The maximum absolute atomic E-state index is 13.0. The topological polar surface area (TPSA) is 106 Å². The summed E-state index contributed by atoms with van der Waals surface area (Å²) in [5, 5.41) is 0. The first-order valence-corrected chi connectivity index (χ1v) is 11.5. The van der Waals surface area contributed by atoms with Crippen LogP contribution in [0.4, 0.5) is 0 Å². The molecule has 0 unspecified atom stereocenters. The molecule has 1 saturated heterocycles. The molecule has 166 valence electrons. The van der Waals surface area contributed by atoms with Crippen molar-refractivity contribution in [1.82, 2.24) is 14.2 Å². The number of piperazine rings is 1. The number of carbonyl (C=O) groups excluding carboxylic acids is 2. The van der Waals surface area contributed by atoms with E-state index in [9.17, 15) is 18.0 Å². The molecule has 2 aromatic rings. The van der Waals surface area contributed by atoms with Crippen LogP contribution in [0.25, 0.3) is 0 Å². The minimum absolute atomic E-state index is 0.0891. The molecular formula is C21H25N3O6S. The third-order valence-electron chi connectivity index (χ3n) is 4.81. The summed E-state index contributed by atoms with van der Waals surface area (Å²) in [6.07, 6.45) is 1.56. The summed E-state index contributed by atoms with van der Waals surface area (Å²) in [5.41, 5.74) is 0.646. The van der Waals surface area contributed by atoms with Crippen molar-refractivity contribution < 1.29 is 27.5 Å². The zero-order chi connectivity index (χ0) is 22.4. The molecule has 2 heterocycles. The van der Waals surface area contributed by atoms with Crippen LogP contribution in [0.15, 0.2) is 47.5 Å². The van der Waals surface area contributed by atoms with Crippen molar-refractivity contribution >= 4 is 21.9 Å². The zero-order valence-electron chi connectivity index (χ0n) is 17.5. The predicted molar refractivity (Wildman–Crippen MR) is 112 cm³/mol. The quantitative estimate of drug-likeness (QED) is 0.596. The average Bonchev–Trinajstić information content (AvgIpc) is 2.79. The highest BCUT2D eigenvalue weighted by atomic mass is 32.2. The van der Waals surface area contributed by atoms with Crippen molar-refractivity contribution in [2.45, 2.75) is 18.7 Å². The molecule has 31 heavy (non-hydrogen) atoms. The number of esters is 1. The number of nitrogens with zero attached hydrogens (tertiary/aromatic N) is 3. The van der Waals surface area contributed by atoms with Crippen LogP contribution in [-0.2, 0) is 14.8 Å². The molecule has 1 fully saturated rings. The first-order chi connectivity index (χ1) is 14.9. The van der Waals surface area contributed by atoms with Crippen LogP contribution in [0.3, 0.4) is 0 Å². The Morgan fingerprint density at radius 1 is 1.00 bits per heavy atom. The Kier molecular flexibility index (Phi) is 7.24. The van der Waals surface area contributed by atoms with E-state index in [2.05, 4.69) is 4.98 Å². The van der Waals surface area contributed by atoms with Gasteiger partial charge in [0.15, 0.2) is 0 Å². The van der Waals surface area contributed by atoms with Gasteiger partial charge in [0.1, 0.15) is 5.56 Å². The summed E-state index contributed by atoms with van der Waals surface area (Å²) in [5.74, 6) is -0.473. The van der Waals surface area contributed by atoms with Gasteiger partial charge in [-0.2, -0.15) is 4.31 Å². The van der Waals surface area contributed by atoms with Gasteiger partial charge in [-0.3, -0.25) is 4.79 Å². The van der Waals surface area contributed by atoms with E-state index in [1.807, 2.05) is 6.92 Å². The SMILES string of the molecule is CCOC(=O)c1ccc(S(=O)(=O)N2CCN(C(=O)c3cccnc3OCC)CC2)cc1. The molecule has 0 bridgehead atoms. The molecule has 0 aliphatic carbocycles. The fourth-order valence-corrected chi connectivity index (χ4v) is 4.66. The lowest BCUT2D eigenvalue weighted by molar-refractivity contribution is 0.0526. The van der Waals surface area contributed by atoms with E-state index in [1.165, 1.54) is 28.6 Å². The molecule has 0 spiro atoms. The lowest BCUT2D eigenvalue weighted by atomic mass is 10.2. The van der Waals surface area contributed by atoms with Crippen LogP contribution in [-0.4, -0.2) is 73.9 Å². The van der Waals surface area contributed by atoms with E-state index in [1.54, 1.807) is 30.2 Å². The number of amides is 1. The summed E-state index contributed by atoms with van der Waals surface area (Å²) in [6.45, 7) is 4.97. The van der Waals surface area contributed by atoms with E-state index in [4.69, 9.17) is 9.47 Å².